The monoisotopic (exact) mass is 420 g/mol. The SMILES string of the molecule is Cc1ccc(S(=O)(=O)OOCCOCCOCCOCCCCC(=O)O)cc1. The summed E-state index contributed by atoms with van der Waals surface area (Å²) in [5.41, 5.74) is 0.942. The summed E-state index contributed by atoms with van der Waals surface area (Å²) < 4.78 is 44.0. The number of rotatable bonds is 17. The predicted octanol–water partition coefficient (Wildman–Crippen LogP) is 1.94. The van der Waals surface area contributed by atoms with Gasteiger partial charge >= 0.3 is 16.1 Å². The van der Waals surface area contributed by atoms with E-state index in [-0.39, 0.29) is 24.5 Å². The average Bonchev–Trinajstić information content (AvgIpc) is 2.65. The Bertz CT molecular complexity index is 644. The van der Waals surface area contributed by atoms with Gasteiger partial charge in [0.1, 0.15) is 6.61 Å². The van der Waals surface area contributed by atoms with E-state index in [1.165, 1.54) is 12.1 Å². The molecule has 1 N–H and O–H groups in total. The van der Waals surface area contributed by atoms with Crippen molar-refractivity contribution >= 4 is 16.1 Å². The lowest BCUT2D eigenvalue weighted by molar-refractivity contribution is -0.210. The van der Waals surface area contributed by atoms with Crippen LogP contribution in [0.15, 0.2) is 29.2 Å². The molecule has 1 aromatic carbocycles. The van der Waals surface area contributed by atoms with Crippen LogP contribution in [0, 0.1) is 6.92 Å². The maximum absolute atomic E-state index is 11.8. The van der Waals surface area contributed by atoms with Crippen LogP contribution in [0.2, 0.25) is 0 Å². The molecule has 1 rings (SSSR count). The van der Waals surface area contributed by atoms with Crippen LogP contribution in [0.1, 0.15) is 24.8 Å². The van der Waals surface area contributed by atoms with Gasteiger partial charge in [0.25, 0.3) is 0 Å². The third kappa shape index (κ3) is 12.0. The molecule has 0 aliphatic heterocycles. The second kappa shape index (κ2) is 14.4. The van der Waals surface area contributed by atoms with E-state index in [0.717, 1.165) is 5.56 Å². The number of aliphatic carboxylic acids is 1. The topological polar surface area (TPSA) is 118 Å². The Morgan fingerprint density at radius 1 is 0.857 bits per heavy atom. The van der Waals surface area contributed by atoms with Crippen LogP contribution in [0.3, 0.4) is 0 Å². The van der Waals surface area contributed by atoms with Crippen molar-refractivity contribution in [2.75, 3.05) is 46.2 Å². The van der Waals surface area contributed by atoms with E-state index in [0.29, 0.717) is 45.9 Å². The molecule has 0 radical (unpaired) electrons. The van der Waals surface area contributed by atoms with Crippen molar-refractivity contribution < 1.29 is 41.8 Å². The molecule has 0 aliphatic carbocycles. The van der Waals surface area contributed by atoms with E-state index < -0.39 is 16.1 Å². The van der Waals surface area contributed by atoms with Crippen molar-refractivity contribution in [2.24, 2.45) is 0 Å². The molecule has 0 spiro atoms. The molecule has 0 bridgehead atoms. The zero-order valence-electron chi connectivity index (χ0n) is 16.0. The first kappa shape index (κ1) is 24.5. The van der Waals surface area contributed by atoms with Gasteiger partial charge in [-0.15, -0.1) is 4.33 Å². The standard InChI is InChI=1S/C18H28O9S/c1-16-5-7-17(8-6-16)28(21,22)27-26-15-14-25-13-12-24-11-10-23-9-3-2-4-18(19)20/h5-8H,2-4,9-15H2,1H3,(H,19,20). The molecule has 0 saturated heterocycles. The lowest BCUT2D eigenvalue weighted by Gasteiger charge is -2.07. The first-order valence-corrected chi connectivity index (χ1v) is 10.4. The number of unbranched alkanes of at least 4 members (excludes halogenated alkanes) is 1. The number of ether oxygens (including phenoxy) is 3. The first-order valence-electron chi connectivity index (χ1n) is 8.99. The highest BCUT2D eigenvalue weighted by Gasteiger charge is 2.15. The summed E-state index contributed by atoms with van der Waals surface area (Å²) in [5, 5.41) is 8.48. The Hall–Kier alpha value is -1.56. The minimum absolute atomic E-state index is 0.0246. The summed E-state index contributed by atoms with van der Waals surface area (Å²) in [7, 11) is -3.94. The van der Waals surface area contributed by atoms with Gasteiger partial charge in [-0.1, -0.05) is 17.7 Å². The highest BCUT2D eigenvalue weighted by atomic mass is 32.2. The lowest BCUT2D eigenvalue weighted by atomic mass is 10.2. The van der Waals surface area contributed by atoms with E-state index in [1.54, 1.807) is 12.1 Å². The second-order valence-corrected chi connectivity index (χ2v) is 7.36. The van der Waals surface area contributed by atoms with Crippen molar-refractivity contribution in [1.82, 2.24) is 0 Å². The summed E-state index contributed by atoms with van der Waals surface area (Å²) >= 11 is 0. The van der Waals surface area contributed by atoms with Crippen molar-refractivity contribution in [1.29, 1.82) is 0 Å². The van der Waals surface area contributed by atoms with Gasteiger partial charge in [0.2, 0.25) is 0 Å². The van der Waals surface area contributed by atoms with Crippen LogP contribution in [-0.4, -0.2) is 65.7 Å². The van der Waals surface area contributed by atoms with Gasteiger partial charge in [0, 0.05) is 13.0 Å². The molecule has 0 aliphatic rings. The predicted molar refractivity (Wildman–Crippen MR) is 99.3 cm³/mol. The van der Waals surface area contributed by atoms with E-state index in [9.17, 15) is 13.2 Å². The van der Waals surface area contributed by atoms with Crippen molar-refractivity contribution in [2.45, 2.75) is 31.1 Å². The normalized spacial score (nSPS) is 11.6. The molecular formula is C18H28O9S. The van der Waals surface area contributed by atoms with Crippen molar-refractivity contribution in [3.63, 3.8) is 0 Å². The Labute approximate surface area is 165 Å². The summed E-state index contributed by atoms with van der Waals surface area (Å²) in [6, 6.07) is 6.23. The van der Waals surface area contributed by atoms with Gasteiger partial charge in [0.15, 0.2) is 0 Å². The fraction of sp³-hybridized carbons (Fsp3) is 0.611. The van der Waals surface area contributed by atoms with Gasteiger partial charge in [0.05, 0.1) is 37.9 Å². The van der Waals surface area contributed by atoms with E-state index in [1.807, 2.05) is 6.92 Å². The number of benzene rings is 1. The highest BCUT2D eigenvalue weighted by Crippen LogP contribution is 2.13. The smallest absolute Gasteiger partial charge is 0.323 e. The third-order valence-electron chi connectivity index (χ3n) is 3.43. The molecule has 0 unspecified atom stereocenters. The number of carbonyl (C=O) groups is 1. The summed E-state index contributed by atoms with van der Waals surface area (Å²) in [6.07, 6.45) is 1.46. The van der Waals surface area contributed by atoms with Crippen molar-refractivity contribution in [3.05, 3.63) is 29.8 Å². The average molecular weight is 420 g/mol. The number of carboxylic acid groups (broad SMARTS) is 1. The molecule has 0 aromatic heterocycles. The summed E-state index contributed by atoms with van der Waals surface area (Å²) in [5.74, 6) is -0.798. The molecule has 0 amide bonds. The summed E-state index contributed by atoms with van der Waals surface area (Å²) in [4.78, 5) is 15.0. The largest absolute Gasteiger partial charge is 0.481 e. The fourth-order valence-corrected chi connectivity index (χ4v) is 2.70. The van der Waals surface area contributed by atoms with E-state index in [2.05, 4.69) is 9.22 Å². The molecule has 0 heterocycles. The Morgan fingerprint density at radius 3 is 1.96 bits per heavy atom. The molecular weight excluding hydrogens is 392 g/mol. The molecule has 28 heavy (non-hydrogen) atoms. The summed E-state index contributed by atoms with van der Waals surface area (Å²) in [6.45, 7) is 4.02. The Kier molecular flexibility index (Phi) is 12.6. The molecule has 9 nitrogen and oxygen atoms in total. The number of aryl methyl sites for hydroxylation is 1. The second-order valence-electron chi connectivity index (χ2n) is 5.85. The molecule has 10 heteroatoms. The van der Waals surface area contributed by atoms with Crippen LogP contribution in [-0.2, 0) is 38.3 Å². The maximum Gasteiger partial charge on any atom is 0.323 e. The van der Waals surface area contributed by atoms with Gasteiger partial charge in [-0.25, -0.2) is 4.89 Å². The van der Waals surface area contributed by atoms with Crippen molar-refractivity contribution in [3.8, 4) is 0 Å². The Morgan fingerprint density at radius 2 is 1.39 bits per heavy atom. The number of hydrogen-bond donors (Lipinski definition) is 1. The van der Waals surface area contributed by atoms with Gasteiger partial charge < -0.3 is 19.3 Å². The number of carboxylic acids is 1. The zero-order chi connectivity index (χ0) is 20.7. The van der Waals surface area contributed by atoms with E-state index in [4.69, 9.17) is 19.3 Å². The van der Waals surface area contributed by atoms with Crippen LogP contribution >= 0.6 is 0 Å². The minimum atomic E-state index is -3.94. The molecule has 160 valence electrons. The highest BCUT2D eigenvalue weighted by molar-refractivity contribution is 7.86. The van der Waals surface area contributed by atoms with E-state index >= 15 is 0 Å². The zero-order valence-corrected chi connectivity index (χ0v) is 16.8. The quantitative estimate of drug-likeness (QED) is 0.229. The number of hydrogen-bond acceptors (Lipinski definition) is 8. The van der Waals surface area contributed by atoms with Crippen LogP contribution < -0.4 is 0 Å². The Balaban J connectivity index is 1.90. The third-order valence-corrected chi connectivity index (χ3v) is 4.56. The van der Waals surface area contributed by atoms with Gasteiger partial charge in [-0.3, -0.25) is 4.79 Å². The van der Waals surface area contributed by atoms with Gasteiger partial charge in [-0.05, 0) is 31.9 Å². The fourth-order valence-electron chi connectivity index (χ4n) is 1.96. The minimum Gasteiger partial charge on any atom is -0.481 e. The molecule has 1 aromatic rings. The van der Waals surface area contributed by atoms with Crippen LogP contribution in [0.25, 0.3) is 0 Å². The van der Waals surface area contributed by atoms with Crippen LogP contribution in [0.5, 0.6) is 0 Å². The molecule has 0 saturated carbocycles. The first-order chi connectivity index (χ1) is 13.4. The molecule has 0 atom stereocenters. The van der Waals surface area contributed by atoms with Gasteiger partial charge in [-0.2, -0.15) is 8.42 Å². The van der Waals surface area contributed by atoms with Crippen LogP contribution in [0.4, 0.5) is 0 Å². The maximum atomic E-state index is 11.8. The molecule has 0 fully saturated rings. The lowest BCUT2D eigenvalue weighted by Crippen LogP contribution is -2.14.